The van der Waals surface area contributed by atoms with Crippen LogP contribution in [-0.4, -0.2) is 33.5 Å². The summed E-state index contributed by atoms with van der Waals surface area (Å²) < 4.78 is 7.31. The van der Waals surface area contributed by atoms with E-state index < -0.39 is 6.04 Å². The number of fused-ring (bicyclic) bond motifs is 3. The third-order valence-corrected chi connectivity index (χ3v) is 7.73. The summed E-state index contributed by atoms with van der Waals surface area (Å²) in [5.74, 6) is 0.271. The van der Waals surface area contributed by atoms with Gasteiger partial charge >= 0.3 is 5.97 Å². The summed E-state index contributed by atoms with van der Waals surface area (Å²) in [6, 6.07) is 8.94. The third-order valence-electron chi connectivity index (χ3n) is 6.55. The van der Waals surface area contributed by atoms with Gasteiger partial charge in [-0.25, -0.2) is 9.78 Å². The Hall–Kier alpha value is -2.51. The minimum atomic E-state index is -0.692. The second kappa shape index (κ2) is 10.6. The average molecular weight is 468 g/mol. The molecular weight excluding hydrogens is 434 g/mol. The number of nitrogens with zero attached hydrogens (tertiary/aromatic N) is 3. The van der Waals surface area contributed by atoms with Crippen molar-refractivity contribution >= 4 is 27.5 Å². The smallest absolute Gasteiger partial charge is 0.329 e. The van der Waals surface area contributed by atoms with Crippen LogP contribution in [-0.2, 0) is 35.5 Å². The van der Waals surface area contributed by atoms with Gasteiger partial charge in [0.2, 0.25) is 0 Å². The van der Waals surface area contributed by atoms with Crippen molar-refractivity contribution in [3.05, 3.63) is 62.5 Å². The summed E-state index contributed by atoms with van der Waals surface area (Å²) in [5, 5.41) is 0.715. The molecule has 1 unspecified atom stereocenters. The Bertz CT molecular complexity index is 1160. The predicted octanol–water partition coefficient (Wildman–Crippen LogP) is 4.87. The maximum atomic E-state index is 13.9. The lowest BCUT2D eigenvalue weighted by molar-refractivity contribution is -0.149. The van der Waals surface area contributed by atoms with Crippen LogP contribution in [0, 0.1) is 0 Å². The monoisotopic (exact) mass is 467 g/mol. The largest absolute Gasteiger partial charge is 0.459 e. The normalized spacial score (nSPS) is 14.4. The van der Waals surface area contributed by atoms with E-state index >= 15 is 0 Å². The minimum Gasteiger partial charge on any atom is -0.459 e. The van der Waals surface area contributed by atoms with Gasteiger partial charge in [-0.05, 0) is 56.3 Å². The molecule has 33 heavy (non-hydrogen) atoms. The highest BCUT2D eigenvalue weighted by Gasteiger charge is 2.29. The molecule has 0 fully saturated rings. The Labute approximate surface area is 199 Å². The Balaban J connectivity index is 1.77. The van der Waals surface area contributed by atoms with Crippen molar-refractivity contribution in [3.63, 3.8) is 0 Å². The molecule has 1 aliphatic rings. The molecule has 0 spiro atoms. The summed E-state index contributed by atoms with van der Waals surface area (Å²) >= 11 is 1.66. The number of carbonyl (C=O) groups is 1. The van der Waals surface area contributed by atoms with Crippen molar-refractivity contribution in [1.29, 1.82) is 0 Å². The van der Waals surface area contributed by atoms with Crippen molar-refractivity contribution in [2.24, 2.45) is 0 Å². The van der Waals surface area contributed by atoms with Crippen LogP contribution >= 0.6 is 11.3 Å². The molecule has 4 rings (SSSR count). The fourth-order valence-electron chi connectivity index (χ4n) is 4.62. The zero-order valence-corrected chi connectivity index (χ0v) is 20.6. The number of aryl methyl sites for hydroxylation is 2. The zero-order valence-electron chi connectivity index (χ0n) is 19.8. The molecule has 1 aliphatic carbocycles. The Kier molecular flexibility index (Phi) is 7.60. The number of thiophene rings is 1. The van der Waals surface area contributed by atoms with Gasteiger partial charge in [0.25, 0.3) is 5.56 Å². The topological polar surface area (TPSA) is 64.4 Å². The van der Waals surface area contributed by atoms with Crippen molar-refractivity contribution in [1.82, 2.24) is 14.5 Å². The Morgan fingerprint density at radius 3 is 2.58 bits per heavy atom. The van der Waals surface area contributed by atoms with Crippen LogP contribution in [0.5, 0.6) is 0 Å². The Morgan fingerprint density at radius 2 is 1.88 bits per heavy atom. The van der Waals surface area contributed by atoms with Crippen molar-refractivity contribution < 1.29 is 9.53 Å². The van der Waals surface area contributed by atoms with Crippen LogP contribution in [0.2, 0.25) is 0 Å². The van der Waals surface area contributed by atoms with E-state index in [2.05, 4.69) is 18.7 Å². The van der Waals surface area contributed by atoms with E-state index in [0.29, 0.717) is 24.2 Å². The first-order valence-corrected chi connectivity index (χ1v) is 12.9. The van der Waals surface area contributed by atoms with Crippen LogP contribution in [0.3, 0.4) is 0 Å². The van der Waals surface area contributed by atoms with Crippen molar-refractivity contribution in [3.8, 4) is 0 Å². The number of hydrogen-bond acceptors (Lipinski definition) is 6. The van der Waals surface area contributed by atoms with E-state index in [9.17, 15) is 9.59 Å². The fourth-order valence-corrected chi connectivity index (χ4v) is 5.89. The average Bonchev–Trinajstić information content (AvgIpc) is 3.22. The standard InChI is InChI=1S/C26H33N3O3S/c1-4-20(26(31)32-17-18-12-8-7-9-13-18)29-22(16-28(5-2)6-3)27-24-23(25(29)30)19-14-10-11-15-21(19)33-24/h7-9,12-13,20H,4-6,10-11,14-17H2,1-3H3. The van der Waals surface area contributed by atoms with Crippen molar-refractivity contribution in [2.45, 2.75) is 72.1 Å². The number of aromatic nitrogens is 2. The molecule has 6 nitrogen and oxygen atoms in total. The number of benzene rings is 1. The van der Waals surface area contributed by atoms with Gasteiger partial charge in [-0.2, -0.15) is 0 Å². The van der Waals surface area contributed by atoms with Gasteiger partial charge in [-0.1, -0.05) is 51.1 Å². The molecule has 7 heteroatoms. The van der Waals surface area contributed by atoms with E-state index in [1.165, 1.54) is 4.88 Å². The third kappa shape index (κ3) is 4.89. The highest BCUT2D eigenvalue weighted by atomic mass is 32.1. The van der Waals surface area contributed by atoms with Crippen LogP contribution in [0.1, 0.15) is 67.9 Å². The molecule has 0 amide bonds. The number of ether oxygens (including phenoxy) is 1. The van der Waals surface area contributed by atoms with Gasteiger partial charge in [0, 0.05) is 4.88 Å². The molecule has 1 aromatic carbocycles. The zero-order chi connectivity index (χ0) is 23.4. The van der Waals surface area contributed by atoms with Crippen LogP contribution in [0.4, 0.5) is 0 Å². The second-order valence-electron chi connectivity index (χ2n) is 8.57. The molecule has 2 heterocycles. The molecule has 0 saturated carbocycles. The molecule has 0 N–H and O–H groups in total. The maximum absolute atomic E-state index is 13.9. The molecule has 0 radical (unpaired) electrons. The second-order valence-corrected chi connectivity index (χ2v) is 9.66. The predicted molar refractivity (Wildman–Crippen MR) is 133 cm³/mol. The number of carbonyl (C=O) groups excluding carboxylic acids is 1. The molecule has 0 bridgehead atoms. The van der Waals surface area contributed by atoms with Gasteiger partial charge in [-0.15, -0.1) is 11.3 Å². The van der Waals surface area contributed by atoms with Crippen LogP contribution in [0.25, 0.3) is 10.2 Å². The molecule has 0 aliphatic heterocycles. The summed E-state index contributed by atoms with van der Waals surface area (Å²) in [6.45, 7) is 8.54. The molecule has 0 saturated heterocycles. The summed E-state index contributed by atoms with van der Waals surface area (Å²) in [7, 11) is 0. The summed E-state index contributed by atoms with van der Waals surface area (Å²) in [6.07, 6.45) is 4.65. The highest BCUT2D eigenvalue weighted by molar-refractivity contribution is 7.18. The van der Waals surface area contributed by atoms with E-state index in [-0.39, 0.29) is 18.1 Å². The quantitative estimate of drug-likeness (QED) is 0.420. The molecule has 3 aromatic rings. The minimum absolute atomic E-state index is 0.0925. The van der Waals surface area contributed by atoms with E-state index in [1.54, 1.807) is 15.9 Å². The maximum Gasteiger partial charge on any atom is 0.329 e. The lowest BCUT2D eigenvalue weighted by Gasteiger charge is -2.24. The first-order valence-electron chi connectivity index (χ1n) is 12.1. The van der Waals surface area contributed by atoms with E-state index in [0.717, 1.165) is 54.7 Å². The molecule has 176 valence electrons. The van der Waals surface area contributed by atoms with Crippen LogP contribution < -0.4 is 5.56 Å². The summed E-state index contributed by atoms with van der Waals surface area (Å²) in [4.78, 5) is 36.4. The molecule has 1 atom stereocenters. The summed E-state index contributed by atoms with van der Waals surface area (Å²) in [5.41, 5.74) is 1.98. The number of rotatable bonds is 9. The first-order chi connectivity index (χ1) is 16.1. The highest BCUT2D eigenvalue weighted by Crippen LogP contribution is 2.34. The Morgan fingerprint density at radius 1 is 1.15 bits per heavy atom. The molecule has 2 aromatic heterocycles. The number of hydrogen-bond donors (Lipinski definition) is 0. The lowest BCUT2D eigenvalue weighted by Crippen LogP contribution is -2.36. The van der Waals surface area contributed by atoms with Crippen LogP contribution in [0.15, 0.2) is 35.1 Å². The number of esters is 1. The van der Waals surface area contributed by atoms with E-state index in [1.807, 2.05) is 37.3 Å². The van der Waals surface area contributed by atoms with Gasteiger partial charge in [0.1, 0.15) is 23.3 Å². The molecular formula is C26H33N3O3S. The lowest BCUT2D eigenvalue weighted by atomic mass is 9.97. The fraction of sp³-hybridized carbons (Fsp3) is 0.500. The van der Waals surface area contributed by atoms with Crippen molar-refractivity contribution in [2.75, 3.05) is 13.1 Å². The first kappa shape index (κ1) is 23.6. The SMILES string of the molecule is CCC(C(=O)OCc1ccccc1)n1c(CN(CC)CC)nc2sc3c(c2c1=O)CCCC3. The van der Waals surface area contributed by atoms with Gasteiger partial charge in [0.15, 0.2) is 0 Å². The van der Waals surface area contributed by atoms with Gasteiger partial charge in [-0.3, -0.25) is 14.3 Å². The van der Waals surface area contributed by atoms with Gasteiger partial charge < -0.3 is 4.74 Å². The van der Waals surface area contributed by atoms with Gasteiger partial charge in [0.05, 0.1) is 11.9 Å². The van der Waals surface area contributed by atoms with E-state index in [4.69, 9.17) is 9.72 Å².